The summed E-state index contributed by atoms with van der Waals surface area (Å²) < 4.78 is 5.09. The second-order valence-corrected chi connectivity index (χ2v) is 3.89. The summed E-state index contributed by atoms with van der Waals surface area (Å²) in [7, 11) is 0. The molecule has 0 aliphatic carbocycles. The molecule has 0 radical (unpaired) electrons. The minimum Gasteiger partial charge on any atom is -0.408 e. The average Bonchev–Trinajstić information content (AvgIpc) is 2.16. The molecule has 2 rings (SSSR count). The molecule has 15 heavy (non-hydrogen) atoms. The molecule has 0 unspecified atom stereocenters. The third-order valence-electron chi connectivity index (χ3n) is 2.06. The van der Waals surface area contributed by atoms with Gasteiger partial charge in [-0.05, 0) is 12.0 Å². The summed E-state index contributed by atoms with van der Waals surface area (Å²) in [5, 5.41) is 0.435. The van der Waals surface area contributed by atoms with Gasteiger partial charge in [0, 0.05) is 18.8 Å². The molecule has 0 N–H and O–H groups in total. The lowest BCUT2D eigenvalue weighted by atomic mass is 10.1. The predicted octanol–water partition coefficient (Wildman–Crippen LogP) is 1.78. The fourth-order valence-corrected chi connectivity index (χ4v) is 1.40. The Kier molecular flexibility index (Phi) is 2.49. The van der Waals surface area contributed by atoms with Gasteiger partial charge in [0.25, 0.3) is 0 Å². The largest absolute Gasteiger partial charge is 0.408 e. The molecule has 0 saturated heterocycles. The first-order valence-electron chi connectivity index (χ1n) is 4.90. The number of pyridine rings is 1. The Morgan fingerprint density at radius 2 is 2.27 bits per heavy atom. The molecule has 78 valence electrons. The summed E-state index contributed by atoms with van der Waals surface area (Å²) in [5.41, 5.74) is 0.292. The standard InChI is InChI=1S/C11H12N2O2/c1-7(2)5-10-13-9-3-4-12-6-8(9)11(14)15-10/h3-4,6-7H,5H2,1-2H3. The van der Waals surface area contributed by atoms with E-state index < -0.39 is 0 Å². The van der Waals surface area contributed by atoms with E-state index in [1.165, 1.54) is 6.20 Å². The molecule has 0 bridgehead atoms. The van der Waals surface area contributed by atoms with Gasteiger partial charge in [-0.15, -0.1) is 0 Å². The number of aromatic nitrogens is 2. The monoisotopic (exact) mass is 204 g/mol. The molecular formula is C11H12N2O2. The Morgan fingerprint density at radius 3 is 3.00 bits per heavy atom. The van der Waals surface area contributed by atoms with Crippen LogP contribution in [-0.2, 0) is 6.42 Å². The highest BCUT2D eigenvalue weighted by Crippen LogP contribution is 2.08. The minimum atomic E-state index is -0.358. The Labute approximate surface area is 87.0 Å². The van der Waals surface area contributed by atoms with Crippen molar-refractivity contribution in [2.24, 2.45) is 5.92 Å². The van der Waals surface area contributed by atoms with Crippen LogP contribution in [0.4, 0.5) is 0 Å². The summed E-state index contributed by atoms with van der Waals surface area (Å²) in [6, 6.07) is 1.72. The van der Waals surface area contributed by atoms with Crippen molar-refractivity contribution in [1.29, 1.82) is 0 Å². The highest BCUT2D eigenvalue weighted by atomic mass is 16.4. The average molecular weight is 204 g/mol. The fraction of sp³-hybridized carbons (Fsp3) is 0.364. The smallest absolute Gasteiger partial charge is 0.348 e. The van der Waals surface area contributed by atoms with E-state index in [2.05, 4.69) is 23.8 Å². The summed E-state index contributed by atoms with van der Waals surface area (Å²) in [5.74, 6) is 0.911. The lowest BCUT2D eigenvalue weighted by Crippen LogP contribution is -2.07. The summed E-state index contributed by atoms with van der Waals surface area (Å²) >= 11 is 0. The molecule has 4 nitrogen and oxygen atoms in total. The van der Waals surface area contributed by atoms with E-state index in [1.54, 1.807) is 12.3 Å². The van der Waals surface area contributed by atoms with Gasteiger partial charge in [-0.1, -0.05) is 13.8 Å². The molecule has 0 spiro atoms. The molecule has 0 fully saturated rings. The van der Waals surface area contributed by atoms with Gasteiger partial charge in [0.05, 0.1) is 5.52 Å². The molecule has 0 aromatic carbocycles. The van der Waals surface area contributed by atoms with E-state index in [4.69, 9.17) is 4.42 Å². The molecule has 4 heteroatoms. The number of fused-ring (bicyclic) bond motifs is 1. The van der Waals surface area contributed by atoms with E-state index in [9.17, 15) is 4.79 Å². The summed E-state index contributed by atoms with van der Waals surface area (Å²) in [6.45, 7) is 4.11. The van der Waals surface area contributed by atoms with E-state index in [0.29, 0.717) is 29.1 Å². The molecule has 0 atom stereocenters. The zero-order chi connectivity index (χ0) is 10.8. The molecule has 0 saturated carbocycles. The van der Waals surface area contributed by atoms with Crippen molar-refractivity contribution in [3.63, 3.8) is 0 Å². The third kappa shape index (κ3) is 2.03. The molecule has 0 aliphatic heterocycles. The van der Waals surface area contributed by atoms with Crippen LogP contribution in [0.3, 0.4) is 0 Å². The first-order chi connectivity index (χ1) is 7.16. The van der Waals surface area contributed by atoms with Gasteiger partial charge >= 0.3 is 5.63 Å². The molecule has 0 amide bonds. The lowest BCUT2D eigenvalue weighted by molar-refractivity contribution is 0.417. The van der Waals surface area contributed by atoms with E-state index in [1.807, 2.05) is 0 Å². The van der Waals surface area contributed by atoms with Crippen LogP contribution in [0.1, 0.15) is 19.7 Å². The maximum absolute atomic E-state index is 11.5. The van der Waals surface area contributed by atoms with Gasteiger partial charge in [-0.25, -0.2) is 9.78 Å². The van der Waals surface area contributed by atoms with Gasteiger partial charge in [-0.3, -0.25) is 4.98 Å². The maximum atomic E-state index is 11.5. The molecule has 2 aromatic heterocycles. The van der Waals surface area contributed by atoms with E-state index in [-0.39, 0.29) is 5.63 Å². The summed E-state index contributed by atoms with van der Waals surface area (Å²) in [6.07, 6.45) is 3.77. The SMILES string of the molecule is CC(C)Cc1nc2ccncc2c(=O)o1. The first-order valence-corrected chi connectivity index (χ1v) is 4.90. The van der Waals surface area contributed by atoms with Crippen molar-refractivity contribution in [3.8, 4) is 0 Å². The maximum Gasteiger partial charge on any atom is 0.348 e. The molecule has 2 heterocycles. The van der Waals surface area contributed by atoms with Crippen molar-refractivity contribution in [2.75, 3.05) is 0 Å². The van der Waals surface area contributed by atoms with Crippen molar-refractivity contribution in [2.45, 2.75) is 20.3 Å². The molecule has 2 aromatic rings. The topological polar surface area (TPSA) is 56.0 Å². The zero-order valence-electron chi connectivity index (χ0n) is 8.73. The van der Waals surface area contributed by atoms with Gasteiger partial charge in [-0.2, -0.15) is 0 Å². The highest BCUT2D eigenvalue weighted by Gasteiger charge is 2.07. The molecular weight excluding hydrogens is 192 g/mol. The highest BCUT2D eigenvalue weighted by molar-refractivity contribution is 5.75. The lowest BCUT2D eigenvalue weighted by Gasteiger charge is -2.02. The van der Waals surface area contributed by atoms with Gasteiger partial charge < -0.3 is 4.42 Å². The molecule has 0 aliphatic rings. The van der Waals surface area contributed by atoms with Crippen LogP contribution >= 0.6 is 0 Å². The van der Waals surface area contributed by atoms with E-state index >= 15 is 0 Å². The Hall–Kier alpha value is -1.71. The second-order valence-electron chi connectivity index (χ2n) is 3.89. The van der Waals surface area contributed by atoms with Crippen LogP contribution in [0.25, 0.3) is 10.9 Å². The van der Waals surface area contributed by atoms with Crippen molar-refractivity contribution in [1.82, 2.24) is 9.97 Å². The first kappa shape index (κ1) is 9.83. The second kappa shape index (κ2) is 3.81. The van der Waals surface area contributed by atoms with Crippen LogP contribution < -0.4 is 5.63 Å². The predicted molar refractivity (Wildman–Crippen MR) is 56.6 cm³/mol. The van der Waals surface area contributed by atoms with E-state index in [0.717, 1.165) is 0 Å². The Balaban J connectivity index is 2.57. The van der Waals surface area contributed by atoms with Crippen LogP contribution in [0.5, 0.6) is 0 Å². The third-order valence-corrected chi connectivity index (χ3v) is 2.06. The number of hydrogen-bond acceptors (Lipinski definition) is 4. The number of nitrogens with zero attached hydrogens (tertiary/aromatic N) is 2. The van der Waals surface area contributed by atoms with Crippen molar-refractivity contribution < 1.29 is 4.42 Å². The number of hydrogen-bond donors (Lipinski definition) is 0. The summed E-state index contributed by atoms with van der Waals surface area (Å²) in [4.78, 5) is 19.7. The van der Waals surface area contributed by atoms with Gasteiger partial charge in [0.2, 0.25) is 0 Å². The quantitative estimate of drug-likeness (QED) is 0.748. The van der Waals surface area contributed by atoms with Gasteiger partial charge in [0.15, 0.2) is 5.89 Å². The van der Waals surface area contributed by atoms with Crippen LogP contribution in [0.2, 0.25) is 0 Å². The van der Waals surface area contributed by atoms with Crippen LogP contribution in [0.15, 0.2) is 27.7 Å². The van der Waals surface area contributed by atoms with Crippen molar-refractivity contribution in [3.05, 3.63) is 34.8 Å². The minimum absolute atomic E-state index is 0.358. The normalized spacial score (nSPS) is 11.1. The van der Waals surface area contributed by atoms with Crippen LogP contribution in [0, 0.1) is 5.92 Å². The van der Waals surface area contributed by atoms with Crippen molar-refractivity contribution >= 4 is 10.9 Å². The fourth-order valence-electron chi connectivity index (χ4n) is 1.40. The Morgan fingerprint density at radius 1 is 1.47 bits per heavy atom. The van der Waals surface area contributed by atoms with Gasteiger partial charge in [0.1, 0.15) is 5.39 Å². The number of rotatable bonds is 2. The zero-order valence-corrected chi connectivity index (χ0v) is 8.73. The Bertz CT molecular complexity index is 531. The van der Waals surface area contributed by atoms with Crippen LogP contribution in [-0.4, -0.2) is 9.97 Å².